The standard InChI is InChI=1S/C17H18O6/c1-16-8-13(18)11-7-17(16,20)23-15(22-16)12(11)9-21-14(19)10-5-3-2-4-6-10/h2-6,11-12,15,20H,7-9H2,1H3/t11-,12-,15-,16-,17+/m0/s1. The molecule has 1 aromatic rings. The first kappa shape index (κ1) is 14.8. The Labute approximate surface area is 133 Å². The molecule has 1 saturated carbocycles. The lowest BCUT2D eigenvalue weighted by atomic mass is 9.70. The van der Waals surface area contributed by atoms with Gasteiger partial charge in [-0.15, -0.1) is 0 Å². The number of carbonyl (C=O) groups is 2. The highest BCUT2D eigenvalue weighted by Crippen LogP contribution is 2.56. The Morgan fingerprint density at radius 2 is 2.09 bits per heavy atom. The van der Waals surface area contributed by atoms with Crippen molar-refractivity contribution >= 4 is 11.8 Å². The molecule has 5 atom stereocenters. The highest BCUT2D eigenvalue weighted by Gasteiger charge is 2.69. The third kappa shape index (κ3) is 2.13. The molecule has 0 unspecified atom stereocenters. The SMILES string of the molecule is C[C@]12CC(=O)[C@H]3C[C@@]1(O)O[C@H](O2)[C@H]3COC(=O)c1ccccc1. The van der Waals surface area contributed by atoms with E-state index in [2.05, 4.69) is 0 Å². The van der Waals surface area contributed by atoms with Gasteiger partial charge in [0.05, 0.1) is 11.5 Å². The molecule has 0 aromatic heterocycles. The van der Waals surface area contributed by atoms with Crippen LogP contribution in [0.1, 0.15) is 30.1 Å². The van der Waals surface area contributed by atoms with Crippen LogP contribution in [-0.4, -0.2) is 41.1 Å². The van der Waals surface area contributed by atoms with Gasteiger partial charge in [0.2, 0.25) is 0 Å². The van der Waals surface area contributed by atoms with E-state index in [4.69, 9.17) is 14.2 Å². The highest BCUT2D eigenvalue weighted by atomic mass is 16.8. The van der Waals surface area contributed by atoms with E-state index in [1.54, 1.807) is 31.2 Å². The quantitative estimate of drug-likeness (QED) is 0.845. The highest BCUT2D eigenvalue weighted by molar-refractivity contribution is 5.89. The number of ketones is 1. The predicted molar refractivity (Wildman–Crippen MR) is 77.3 cm³/mol. The molecule has 0 spiro atoms. The number of hydrogen-bond donors (Lipinski definition) is 1. The summed E-state index contributed by atoms with van der Waals surface area (Å²) >= 11 is 0. The Balaban J connectivity index is 1.50. The van der Waals surface area contributed by atoms with Crippen LogP contribution in [0.3, 0.4) is 0 Å². The van der Waals surface area contributed by atoms with Gasteiger partial charge in [0.1, 0.15) is 18.0 Å². The van der Waals surface area contributed by atoms with Gasteiger partial charge in [0.15, 0.2) is 12.1 Å². The first-order valence-corrected chi connectivity index (χ1v) is 7.75. The normalized spacial score (nSPS) is 41.1. The molecular weight excluding hydrogens is 300 g/mol. The number of benzene rings is 1. The summed E-state index contributed by atoms with van der Waals surface area (Å²) in [6.07, 6.45) is -0.418. The molecule has 122 valence electrons. The minimum absolute atomic E-state index is 0.0287. The van der Waals surface area contributed by atoms with E-state index in [0.29, 0.717) is 5.56 Å². The fourth-order valence-corrected chi connectivity index (χ4v) is 3.79. The molecule has 2 saturated heterocycles. The second-order valence-corrected chi connectivity index (χ2v) is 6.70. The van der Waals surface area contributed by atoms with Crippen LogP contribution in [0, 0.1) is 11.8 Å². The summed E-state index contributed by atoms with van der Waals surface area (Å²) < 4.78 is 16.8. The van der Waals surface area contributed by atoms with E-state index in [-0.39, 0.29) is 31.1 Å². The number of hydrogen-bond acceptors (Lipinski definition) is 6. The van der Waals surface area contributed by atoms with Gasteiger partial charge >= 0.3 is 5.97 Å². The predicted octanol–water partition coefficient (Wildman–Crippen LogP) is 1.27. The van der Waals surface area contributed by atoms with Crippen molar-refractivity contribution in [1.29, 1.82) is 0 Å². The molecule has 6 nitrogen and oxygen atoms in total. The Morgan fingerprint density at radius 3 is 2.83 bits per heavy atom. The maximum atomic E-state index is 12.3. The van der Waals surface area contributed by atoms with E-state index < -0.39 is 29.6 Å². The summed E-state index contributed by atoms with van der Waals surface area (Å²) in [6, 6.07) is 8.67. The van der Waals surface area contributed by atoms with Crippen LogP contribution < -0.4 is 0 Å². The van der Waals surface area contributed by atoms with Crippen molar-refractivity contribution in [2.75, 3.05) is 6.61 Å². The van der Waals surface area contributed by atoms with Gasteiger partial charge in [-0.05, 0) is 19.1 Å². The molecule has 0 radical (unpaired) electrons. The fraction of sp³-hybridized carbons (Fsp3) is 0.529. The smallest absolute Gasteiger partial charge is 0.338 e. The summed E-state index contributed by atoms with van der Waals surface area (Å²) in [5, 5.41) is 10.6. The minimum atomic E-state index is -1.42. The molecule has 2 heterocycles. The van der Waals surface area contributed by atoms with Gasteiger partial charge < -0.3 is 19.3 Å². The molecule has 23 heavy (non-hydrogen) atoms. The van der Waals surface area contributed by atoms with Gasteiger partial charge in [0.25, 0.3) is 0 Å². The third-order valence-electron chi connectivity index (χ3n) is 5.22. The molecule has 0 amide bonds. The van der Waals surface area contributed by atoms with Crippen molar-refractivity contribution in [3.63, 3.8) is 0 Å². The van der Waals surface area contributed by atoms with Gasteiger partial charge in [-0.2, -0.15) is 0 Å². The number of rotatable bonds is 3. The van der Waals surface area contributed by atoms with Crippen LogP contribution in [0.25, 0.3) is 0 Å². The molecule has 1 aliphatic carbocycles. The van der Waals surface area contributed by atoms with Gasteiger partial charge in [-0.25, -0.2) is 4.79 Å². The van der Waals surface area contributed by atoms with E-state index >= 15 is 0 Å². The van der Waals surface area contributed by atoms with Crippen molar-refractivity contribution < 1.29 is 28.9 Å². The van der Waals surface area contributed by atoms with Crippen LogP contribution in [0.2, 0.25) is 0 Å². The number of carbonyl (C=O) groups excluding carboxylic acids is 2. The average Bonchev–Trinajstić information content (AvgIpc) is 2.69. The Hall–Kier alpha value is -1.76. The van der Waals surface area contributed by atoms with E-state index in [0.717, 1.165) is 0 Å². The van der Waals surface area contributed by atoms with Crippen molar-refractivity contribution in [1.82, 2.24) is 0 Å². The zero-order chi connectivity index (χ0) is 16.2. The van der Waals surface area contributed by atoms with Crippen LogP contribution >= 0.6 is 0 Å². The molecule has 3 fully saturated rings. The summed E-state index contributed by atoms with van der Waals surface area (Å²) in [5.41, 5.74) is -0.556. The molecule has 2 aliphatic heterocycles. The molecule has 3 aliphatic rings. The Morgan fingerprint density at radius 1 is 1.35 bits per heavy atom. The lowest BCUT2D eigenvalue weighted by Crippen LogP contribution is -2.59. The second-order valence-electron chi connectivity index (χ2n) is 6.70. The molecule has 1 N–H and O–H groups in total. The summed E-state index contributed by atoms with van der Waals surface area (Å²) in [6.45, 7) is 1.72. The fourth-order valence-electron chi connectivity index (χ4n) is 3.79. The second kappa shape index (κ2) is 4.87. The van der Waals surface area contributed by atoms with E-state index in [1.165, 1.54) is 0 Å². The first-order chi connectivity index (χ1) is 10.9. The van der Waals surface area contributed by atoms with Crippen LogP contribution in [0.15, 0.2) is 30.3 Å². The van der Waals surface area contributed by atoms with Crippen molar-refractivity contribution in [3.8, 4) is 0 Å². The van der Waals surface area contributed by atoms with Gasteiger partial charge in [0, 0.05) is 18.8 Å². The number of esters is 1. The first-order valence-electron chi connectivity index (χ1n) is 7.75. The number of aliphatic hydroxyl groups is 1. The Bertz CT molecular complexity index is 658. The zero-order valence-electron chi connectivity index (χ0n) is 12.7. The zero-order valence-corrected chi connectivity index (χ0v) is 12.7. The minimum Gasteiger partial charge on any atom is -0.462 e. The van der Waals surface area contributed by atoms with Crippen molar-refractivity contribution in [3.05, 3.63) is 35.9 Å². The van der Waals surface area contributed by atoms with E-state index in [1.807, 2.05) is 6.07 Å². The molecule has 3 bridgehead atoms. The Kier molecular flexibility index (Phi) is 3.13. The largest absolute Gasteiger partial charge is 0.462 e. The lowest BCUT2D eigenvalue weighted by Gasteiger charge is -2.44. The molecule has 6 heteroatoms. The molecular formula is C17H18O6. The van der Waals surface area contributed by atoms with Gasteiger partial charge in [-0.3, -0.25) is 4.79 Å². The number of ether oxygens (including phenoxy) is 3. The van der Waals surface area contributed by atoms with Gasteiger partial charge in [-0.1, -0.05) is 18.2 Å². The number of Topliss-reactive ketones (excluding diaryl/α,β-unsaturated/α-hetero) is 1. The molecule has 4 rings (SSSR count). The van der Waals surface area contributed by atoms with Crippen LogP contribution in [0.5, 0.6) is 0 Å². The number of fused-ring (bicyclic) bond motifs is 2. The van der Waals surface area contributed by atoms with Crippen LogP contribution in [-0.2, 0) is 19.0 Å². The van der Waals surface area contributed by atoms with Crippen molar-refractivity contribution in [2.24, 2.45) is 11.8 Å². The topological polar surface area (TPSA) is 82.1 Å². The summed E-state index contributed by atoms with van der Waals surface area (Å²) in [4.78, 5) is 24.4. The lowest BCUT2D eigenvalue weighted by molar-refractivity contribution is -0.271. The monoisotopic (exact) mass is 318 g/mol. The summed E-state index contributed by atoms with van der Waals surface area (Å²) in [5.74, 6) is -2.63. The average molecular weight is 318 g/mol. The van der Waals surface area contributed by atoms with Crippen molar-refractivity contribution in [2.45, 2.75) is 37.4 Å². The molecule has 1 aromatic carbocycles. The maximum Gasteiger partial charge on any atom is 0.338 e. The van der Waals surface area contributed by atoms with Crippen LogP contribution in [0.4, 0.5) is 0 Å². The van der Waals surface area contributed by atoms with E-state index in [9.17, 15) is 14.7 Å². The summed E-state index contributed by atoms with van der Waals surface area (Å²) in [7, 11) is 0. The maximum absolute atomic E-state index is 12.3. The third-order valence-corrected chi connectivity index (χ3v) is 5.22.